The molecule has 1 aromatic rings. The monoisotopic (exact) mass is 417 g/mol. The first-order valence-corrected chi connectivity index (χ1v) is 8.33. The predicted octanol–water partition coefficient (Wildman–Crippen LogP) is 3.78. The maximum atomic E-state index is 12.6. The number of rotatable bonds is 3. The number of carbonyl (C=O) groups excluding carboxylic acids is 1. The smallest absolute Gasteiger partial charge is 0.311 e. The Labute approximate surface area is 140 Å². The Morgan fingerprint density at radius 1 is 1.24 bits per heavy atom. The van der Waals surface area contributed by atoms with E-state index in [2.05, 4.69) is 31.9 Å². The maximum absolute atomic E-state index is 12.6. The van der Waals surface area contributed by atoms with Gasteiger partial charge in [0.1, 0.15) is 0 Å². The fourth-order valence-electron chi connectivity index (χ4n) is 2.76. The van der Waals surface area contributed by atoms with Crippen LogP contribution in [0.15, 0.2) is 27.1 Å². The van der Waals surface area contributed by atoms with Gasteiger partial charge in [0, 0.05) is 27.6 Å². The van der Waals surface area contributed by atoms with Gasteiger partial charge in [-0.15, -0.1) is 0 Å². The topological polar surface area (TPSA) is 57.6 Å². The van der Waals surface area contributed by atoms with Crippen LogP contribution in [0.4, 0.5) is 0 Å². The van der Waals surface area contributed by atoms with E-state index in [0.29, 0.717) is 18.5 Å². The highest BCUT2D eigenvalue weighted by Gasteiger charge is 2.48. The lowest BCUT2D eigenvalue weighted by molar-refractivity contribution is -0.150. The van der Waals surface area contributed by atoms with Crippen LogP contribution in [0, 0.1) is 11.3 Å². The lowest BCUT2D eigenvalue weighted by Gasteiger charge is -2.28. The van der Waals surface area contributed by atoms with Gasteiger partial charge >= 0.3 is 5.97 Å². The molecule has 1 N–H and O–H groups in total. The van der Waals surface area contributed by atoms with Crippen molar-refractivity contribution < 1.29 is 14.7 Å². The first-order valence-electron chi connectivity index (χ1n) is 6.75. The third-order valence-corrected chi connectivity index (χ3v) is 5.14. The second-order valence-electron chi connectivity index (χ2n) is 5.75. The van der Waals surface area contributed by atoms with Crippen molar-refractivity contribution in [3.63, 3.8) is 0 Å². The lowest BCUT2D eigenvalue weighted by atomic mass is 9.76. The maximum Gasteiger partial charge on any atom is 0.311 e. The highest BCUT2D eigenvalue weighted by atomic mass is 79.9. The zero-order valence-corrected chi connectivity index (χ0v) is 15.1. The number of hydrogen-bond acceptors (Lipinski definition) is 2. The summed E-state index contributed by atoms with van der Waals surface area (Å²) in [6.45, 7) is 4.55. The van der Waals surface area contributed by atoms with Crippen LogP contribution < -0.4 is 0 Å². The summed E-state index contributed by atoms with van der Waals surface area (Å²) in [6, 6.07) is 5.36. The molecular weight excluding hydrogens is 402 g/mol. The largest absolute Gasteiger partial charge is 0.481 e. The molecule has 2 rings (SSSR count). The molecule has 0 bridgehead atoms. The number of halogens is 2. The van der Waals surface area contributed by atoms with Crippen molar-refractivity contribution in [1.82, 2.24) is 4.90 Å². The Morgan fingerprint density at radius 3 is 2.24 bits per heavy atom. The Kier molecular flexibility index (Phi) is 4.78. The van der Waals surface area contributed by atoms with E-state index in [1.807, 2.05) is 19.9 Å². The summed E-state index contributed by atoms with van der Waals surface area (Å²) in [7, 11) is 0. The van der Waals surface area contributed by atoms with Crippen LogP contribution in [0.3, 0.4) is 0 Å². The fourth-order valence-corrected chi connectivity index (χ4v) is 4.05. The van der Waals surface area contributed by atoms with E-state index in [1.54, 1.807) is 17.0 Å². The quantitative estimate of drug-likeness (QED) is 0.812. The van der Waals surface area contributed by atoms with E-state index in [4.69, 9.17) is 0 Å². The van der Waals surface area contributed by atoms with Crippen molar-refractivity contribution in [3.05, 3.63) is 32.7 Å². The van der Waals surface area contributed by atoms with Crippen molar-refractivity contribution in [2.75, 3.05) is 13.1 Å². The average Bonchev–Trinajstić information content (AvgIpc) is 2.83. The molecular formula is C15H17Br2NO3. The molecule has 114 valence electrons. The number of nitrogens with zero attached hydrogens (tertiary/aromatic N) is 1. The Bertz CT molecular complexity index is 568. The molecule has 1 atom stereocenters. The molecule has 0 spiro atoms. The van der Waals surface area contributed by atoms with Gasteiger partial charge in [0.05, 0.1) is 5.41 Å². The van der Waals surface area contributed by atoms with Crippen LogP contribution in [-0.2, 0) is 4.79 Å². The number of amides is 1. The summed E-state index contributed by atoms with van der Waals surface area (Å²) in [5, 5.41) is 9.54. The summed E-state index contributed by atoms with van der Waals surface area (Å²) < 4.78 is 1.63. The Balaban J connectivity index is 2.24. The van der Waals surface area contributed by atoms with E-state index in [0.717, 1.165) is 8.95 Å². The second kappa shape index (κ2) is 6.08. The van der Waals surface area contributed by atoms with Gasteiger partial charge < -0.3 is 10.0 Å². The van der Waals surface area contributed by atoms with Crippen molar-refractivity contribution in [3.8, 4) is 0 Å². The molecule has 1 amide bonds. The highest BCUT2D eigenvalue weighted by Crippen LogP contribution is 2.38. The van der Waals surface area contributed by atoms with Gasteiger partial charge in [-0.3, -0.25) is 9.59 Å². The van der Waals surface area contributed by atoms with Gasteiger partial charge in [0.15, 0.2) is 0 Å². The molecule has 0 saturated carbocycles. The van der Waals surface area contributed by atoms with Crippen LogP contribution in [0.1, 0.15) is 30.6 Å². The van der Waals surface area contributed by atoms with Crippen molar-refractivity contribution in [1.29, 1.82) is 0 Å². The fraction of sp³-hybridized carbons (Fsp3) is 0.467. The van der Waals surface area contributed by atoms with Crippen LogP contribution >= 0.6 is 31.9 Å². The lowest BCUT2D eigenvalue weighted by Crippen LogP contribution is -2.40. The van der Waals surface area contributed by atoms with Gasteiger partial charge in [-0.2, -0.15) is 0 Å². The van der Waals surface area contributed by atoms with Gasteiger partial charge in [-0.25, -0.2) is 0 Å². The minimum absolute atomic E-state index is 0.0120. The summed E-state index contributed by atoms with van der Waals surface area (Å²) in [4.78, 5) is 25.8. The minimum atomic E-state index is -0.834. The zero-order valence-electron chi connectivity index (χ0n) is 11.9. The third-order valence-electron chi connectivity index (χ3n) is 4.23. The van der Waals surface area contributed by atoms with E-state index >= 15 is 0 Å². The van der Waals surface area contributed by atoms with Crippen LogP contribution in [0.5, 0.6) is 0 Å². The molecule has 1 aromatic carbocycles. The molecule has 0 aromatic heterocycles. The molecule has 4 nitrogen and oxygen atoms in total. The van der Waals surface area contributed by atoms with Gasteiger partial charge in [-0.1, -0.05) is 45.7 Å². The number of carboxylic acid groups (broad SMARTS) is 1. The van der Waals surface area contributed by atoms with Gasteiger partial charge in [0.25, 0.3) is 5.91 Å². The Morgan fingerprint density at radius 2 is 1.81 bits per heavy atom. The van der Waals surface area contributed by atoms with E-state index in [1.165, 1.54) is 0 Å². The molecule has 1 heterocycles. The predicted molar refractivity (Wildman–Crippen MR) is 87.3 cm³/mol. The summed E-state index contributed by atoms with van der Waals surface area (Å²) in [5.74, 6) is -0.953. The first kappa shape index (κ1) is 16.5. The number of carbonyl (C=O) groups is 2. The molecule has 0 aliphatic carbocycles. The molecule has 21 heavy (non-hydrogen) atoms. The van der Waals surface area contributed by atoms with Crippen LogP contribution in [0.25, 0.3) is 0 Å². The summed E-state index contributed by atoms with van der Waals surface area (Å²) in [6.07, 6.45) is 0.501. The molecule has 1 fully saturated rings. The molecule has 1 aliphatic rings. The SMILES string of the molecule is CC(C)C1(C(=O)O)CCN(C(=O)c2cc(Br)cc(Br)c2)C1. The number of aliphatic carboxylic acids is 1. The number of likely N-dealkylation sites (tertiary alicyclic amines) is 1. The number of hydrogen-bond donors (Lipinski definition) is 1. The van der Waals surface area contributed by atoms with Crippen molar-refractivity contribution in [2.45, 2.75) is 20.3 Å². The molecule has 1 aliphatic heterocycles. The number of carboxylic acids is 1. The Hall–Kier alpha value is -0.880. The van der Waals surface area contributed by atoms with E-state index < -0.39 is 11.4 Å². The average molecular weight is 419 g/mol. The van der Waals surface area contributed by atoms with E-state index in [9.17, 15) is 14.7 Å². The molecule has 6 heteroatoms. The normalized spacial score (nSPS) is 21.9. The first-order chi connectivity index (χ1) is 9.76. The van der Waals surface area contributed by atoms with Crippen molar-refractivity contribution in [2.24, 2.45) is 11.3 Å². The molecule has 1 saturated heterocycles. The third kappa shape index (κ3) is 3.16. The zero-order chi connectivity index (χ0) is 15.8. The van der Waals surface area contributed by atoms with E-state index in [-0.39, 0.29) is 18.4 Å². The standard InChI is InChI=1S/C15H17Br2NO3/c1-9(2)15(14(20)21)3-4-18(8-15)13(19)10-5-11(16)7-12(17)6-10/h5-7,9H,3-4,8H2,1-2H3,(H,20,21). The van der Waals surface area contributed by atoms with Gasteiger partial charge in [-0.05, 0) is 30.5 Å². The minimum Gasteiger partial charge on any atom is -0.481 e. The molecule has 0 radical (unpaired) electrons. The highest BCUT2D eigenvalue weighted by molar-refractivity contribution is 9.11. The van der Waals surface area contributed by atoms with Crippen LogP contribution in [0.2, 0.25) is 0 Å². The second-order valence-corrected chi connectivity index (χ2v) is 7.58. The number of benzene rings is 1. The van der Waals surface area contributed by atoms with Crippen molar-refractivity contribution >= 4 is 43.7 Å². The van der Waals surface area contributed by atoms with Gasteiger partial charge in [0.2, 0.25) is 0 Å². The molecule has 1 unspecified atom stereocenters. The van der Waals surface area contributed by atoms with Crippen LogP contribution in [-0.4, -0.2) is 35.0 Å². The summed E-state index contributed by atoms with van der Waals surface area (Å²) >= 11 is 6.73. The summed E-state index contributed by atoms with van der Waals surface area (Å²) in [5.41, 5.74) is -0.278.